The minimum Gasteiger partial charge on any atom is -0.444 e. The van der Waals surface area contributed by atoms with Crippen LogP contribution in [0, 0.1) is 34.0 Å². The van der Waals surface area contributed by atoms with Crippen molar-refractivity contribution in [3.05, 3.63) is 59.4 Å². The van der Waals surface area contributed by atoms with Gasteiger partial charge in [0.1, 0.15) is 17.5 Å². The molecule has 9 heteroatoms. The summed E-state index contributed by atoms with van der Waals surface area (Å²) in [7, 11) is -2.13. The Hall–Kier alpha value is -3.69. The van der Waals surface area contributed by atoms with Gasteiger partial charge in [-0.25, -0.2) is 14.4 Å². The predicted octanol–water partition coefficient (Wildman–Crippen LogP) is 4.79. The van der Waals surface area contributed by atoms with Crippen molar-refractivity contribution >= 4 is 21.0 Å². The van der Waals surface area contributed by atoms with Gasteiger partial charge in [-0.2, -0.15) is 5.26 Å². The van der Waals surface area contributed by atoms with Crippen molar-refractivity contribution in [2.45, 2.75) is 70.2 Å². The zero-order valence-electron chi connectivity index (χ0n) is 21.3. The molecular formula is C28H30FN4O3Si. The van der Waals surface area contributed by atoms with Crippen LogP contribution in [0.5, 0.6) is 0 Å². The number of benzene rings is 2. The lowest BCUT2D eigenvalue weighted by atomic mass is 10.0. The SMILES string of the molecule is CC(C)(C)OC(=O)N1[C@H](C(=O)N[Si](C#N)Cc2ccc(-c3ccc(C#N)cc3)cc2F)C[C@@H]2CCC[C@@H]21. The first-order chi connectivity index (χ1) is 17.6. The highest BCUT2D eigenvalue weighted by Gasteiger charge is 2.50. The molecule has 1 saturated carbocycles. The Morgan fingerprint density at radius 3 is 2.46 bits per heavy atom. The highest BCUT2D eigenvalue weighted by Crippen LogP contribution is 2.42. The van der Waals surface area contributed by atoms with Gasteiger partial charge in [0.15, 0.2) is 0 Å². The van der Waals surface area contributed by atoms with E-state index in [1.165, 1.54) is 6.07 Å². The maximum atomic E-state index is 15.0. The number of nitriles is 2. The first kappa shape index (κ1) is 26.4. The van der Waals surface area contributed by atoms with Gasteiger partial charge in [0.2, 0.25) is 5.91 Å². The minimum atomic E-state index is -2.13. The molecule has 0 bridgehead atoms. The highest BCUT2D eigenvalue weighted by atomic mass is 28.3. The Kier molecular flexibility index (Phi) is 7.65. The van der Waals surface area contributed by atoms with E-state index in [2.05, 4.69) is 16.7 Å². The van der Waals surface area contributed by atoms with Gasteiger partial charge in [-0.15, -0.1) is 0 Å². The lowest BCUT2D eigenvalue weighted by Gasteiger charge is -2.32. The lowest BCUT2D eigenvalue weighted by molar-refractivity contribution is -0.124. The molecule has 1 saturated heterocycles. The Morgan fingerprint density at radius 2 is 1.84 bits per heavy atom. The summed E-state index contributed by atoms with van der Waals surface area (Å²) in [5.41, 5.74) is 3.78. The molecule has 2 amide bonds. The topological polar surface area (TPSA) is 106 Å². The number of hydrogen-bond donors (Lipinski definition) is 1. The largest absolute Gasteiger partial charge is 0.444 e. The van der Waals surface area contributed by atoms with E-state index in [-0.39, 0.29) is 23.9 Å². The number of amides is 2. The number of nitrogens with zero attached hydrogens (tertiary/aromatic N) is 3. The fourth-order valence-corrected chi connectivity index (χ4v) is 6.60. The van der Waals surface area contributed by atoms with Crippen molar-refractivity contribution in [2.75, 3.05) is 0 Å². The van der Waals surface area contributed by atoms with Gasteiger partial charge >= 0.3 is 15.1 Å². The molecular weight excluding hydrogens is 487 g/mol. The second kappa shape index (κ2) is 10.7. The van der Waals surface area contributed by atoms with Crippen LogP contribution in [-0.4, -0.2) is 43.5 Å². The molecule has 191 valence electrons. The third-order valence-electron chi connectivity index (χ3n) is 6.92. The first-order valence-electron chi connectivity index (χ1n) is 12.5. The number of hydrogen-bond acceptors (Lipinski definition) is 5. The number of carbonyl (C=O) groups excluding carboxylic acids is 2. The fraction of sp³-hybridized carbons (Fsp3) is 0.429. The van der Waals surface area contributed by atoms with Crippen molar-refractivity contribution in [1.29, 1.82) is 10.5 Å². The zero-order chi connectivity index (χ0) is 26.7. The summed E-state index contributed by atoms with van der Waals surface area (Å²) in [6.45, 7) is 5.38. The van der Waals surface area contributed by atoms with E-state index in [4.69, 9.17) is 10.00 Å². The average molecular weight is 518 g/mol. The van der Waals surface area contributed by atoms with Crippen LogP contribution in [0.25, 0.3) is 11.1 Å². The van der Waals surface area contributed by atoms with E-state index in [1.807, 2.05) is 0 Å². The minimum absolute atomic E-state index is 0.0319. The lowest BCUT2D eigenvalue weighted by Crippen LogP contribution is -2.53. The van der Waals surface area contributed by atoms with Gasteiger partial charge < -0.3 is 9.72 Å². The highest BCUT2D eigenvalue weighted by molar-refractivity contribution is 6.66. The molecule has 0 unspecified atom stereocenters. The molecule has 2 aromatic rings. The zero-order valence-corrected chi connectivity index (χ0v) is 22.3. The molecule has 1 radical (unpaired) electrons. The average Bonchev–Trinajstić information content (AvgIpc) is 3.45. The van der Waals surface area contributed by atoms with E-state index in [0.29, 0.717) is 23.1 Å². The van der Waals surface area contributed by atoms with Gasteiger partial charge in [-0.3, -0.25) is 9.69 Å². The third kappa shape index (κ3) is 6.00. The monoisotopic (exact) mass is 517 g/mol. The molecule has 2 fully saturated rings. The Balaban J connectivity index is 1.45. The van der Waals surface area contributed by atoms with Gasteiger partial charge in [-0.1, -0.05) is 30.7 Å². The van der Waals surface area contributed by atoms with Crippen LogP contribution in [0.3, 0.4) is 0 Å². The molecule has 1 N–H and O–H groups in total. The number of carbonyl (C=O) groups is 2. The molecule has 7 nitrogen and oxygen atoms in total. The summed E-state index contributed by atoms with van der Waals surface area (Å²) in [6, 6.07) is 13.1. The van der Waals surface area contributed by atoms with Crippen LogP contribution >= 0.6 is 0 Å². The molecule has 2 aliphatic rings. The number of likely N-dealkylation sites (tertiary alicyclic amines) is 1. The molecule has 0 aromatic heterocycles. The summed E-state index contributed by atoms with van der Waals surface area (Å²) in [5, 5.41) is 18.7. The molecule has 1 heterocycles. The van der Waals surface area contributed by atoms with E-state index in [0.717, 1.165) is 24.8 Å². The normalized spacial score (nSPS) is 20.7. The summed E-state index contributed by atoms with van der Waals surface area (Å²) in [4.78, 5) is 30.7. The van der Waals surface area contributed by atoms with Crippen molar-refractivity contribution < 1.29 is 18.7 Å². The van der Waals surface area contributed by atoms with Crippen LogP contribution < -0.4 is 4.98 Å². The maximum absolute atomic E-state index is 15.0. The fourth-order valence-electron chi connectivity index (χ4n) is 5.24. The van der Waals surface area contributed by atoms with E-state index < -0.39 is 32.5 Å². The predicted molar refractivity (Wildman–Crippen MR) is 137 cm³/mol. The second-order valence-corrected chi connectivity index (χ2v) is 12.4. The van der Waals surface area contributed by atoms with Crippen LogP contribution in [-0.2, 0) is 15.6 Å². The van der Waals surface area contributed by atoms with Gasteiger partial charge in [0.25, 0.3) is 0 Å². The van der Waals surface area contributed by atoms with Crippen molar-refractivity contribution in [1.82, 2.24) is 9.88 Å². The molecule has 4 rings (SSSR count). The van der Waals surface area contributed by atoms with Crippen LogP contribution in [0.15, 0.2) is 42.5 Å². The molecule has 2 aromatic carbocycles. The number of halogens is 1. The van der Waals surface area contributed by atoms with Crippen molar-refractivity contribution in [3.63, 3.8) is 0 Å². The van der Waals surface area contributed by atoms with E-state index in [1.54, 1.807) is 62.1 Å². The number of nitrogens with one attached hydrogen (secondary N) is 1. The Morgan fingerprint density at radius 1 is 1.14 bits per heavy atom. The van der Waals surface area contributed by atoms with Crippen LogP contribution in [0.2, 0.25) is 0 Å². The maximum Gasteiger partial charge on any atom is 0.411 e. The molecule has 1 aliphatic heterocycles. The van der Waals surface area contributed by atoms with E-state index in [9.17, 15) is 19.2 Å². The van der Waals surface area contributed by atoms with Gasteiger partial charge in [-0.05, 0) is 80.8 Å². The summed E-state index contributed by atoms with van der Waals surface area (Å²) >= 11 is 0. The molecule has 37 heavy (non-hydrogen) atoms. The number of fused-ring (bicyclic) bond motifs is 1. The Labute approximate surface area is 218 Å². The molecule has 0 spiro atoms. The summed E-state index contributed by atoms with van der Waals surface area (Å²) in [5.74, 6) is -0.585. The van der Waals surface area contributed by atoms with Crippen LogP contribution in [0.1, 0.15) is 57.6 Å². The number of rotatable bonds is 5. The number of ether oxygens (including phenoxy) is 1. The summed E-state index contributed by atoms with van der Waals surface area (Å²) < 4.78 is 20.6. The third-order valence-corrected chi connectivity index (χ3v) is 8.47. The van der Waals surface area contributed by atoms with E-state index >= 15 is 0 Å². The van der Waals surface area contributed by atoms with Gasteiger partial charge in [0, 0.05) is 12.1 Å². The van der Waals surface area contributed by atoms with Crippen molar-refractivity contribution in [3.8, 4) is 22.9 Å². The standard InChI is InChI=1S/C28H30FN4O3Si/c1-28(2,3)36-27(35)33-24-6-4-5-21(24)14-25(33)26(34)32-37(17-31)16-22-12-11-20(13-23(22)29)19-9-7-18(15-30)8-10-19/h7-13,21,24-25H,4-6,14,16H2,1-3H3,(H,32,34)/t21-,24-,25-/m0/s1. The van der Waals surface area contributed by atoms with Crippen molar-refractivity contribution in [2.24, 2.45) is 5.92 Å². The molecule has 1 aliphatic carbocycles. The smallest absolute Gasteiger partial charge is 0.411 e. The quantitative estimate of drug-likeness (QED) is 0.574. The van der Waals surface area contributed by atoms with Gasteiger partial charge in [0.05, 0.1) is 17.3 Å². The van der Waals surface area contributed by atoms with Crippen LogP contribution in [0.4, 0.5) is 9.18 Å². The first-order valence-corrected chi connectivity index (χ1v) is 14.2. The Bertz CT molecular complexity index is 1260. The molecule has 3 atom stereocenters. The summed E-state index contributed by atoms with van der Waals surface area (Å²) in [6.07, 6.45) is 2.84. The second-order valence-electron chi connectivity index (χ2n) is 10.6.